The summed E-state index contributed by atoms with van der Waals surface area (Å²) >= 11 is 0. The molecule has 2 aromatic carbocycles. The highest BCUT2D eigenvalue weighted by Gasteiger charge is 2.49. The molecule has 2 N–H and O–H groups in total. The number of rotatable bonds is 3. The Kier molecular flexibility index (Phi) is 7.41. The monoisotopic (exact) mass is 486 g/mol. The molecule has 9 heteroatoms. The van der Waals surface area contributed by atoms with E-state index >= 15 is 0 Å². The summed E-state index contributed by atoms with van der Waals surface area (Å²) < 4.78 is 55.6. The van der Waals surface area contributed by atoms with Crippen molar-refractivity contribution in [1.29, 1.82) is 0 Å². The highest BCUT2D eigenvalue weighted by atomic mass is 35.5. The van der Waals surface area contributed by atoms with E-state index in [0.29, 0.717) is 13.1 Å². The molecular formula is C24H27ClF4N2O2. The number of carbonyl (C=O) groups is 1. The first kappa shape index (κ1) is 25.5. The van der Waals surface area contributed by atoms with E-state index in [1.54, 1.807) is 18.7 Å². The van der Waals surface area contributed by atoms with Gasteiger partial charge in [0.2, 0.25) is 5.91 Å². The van der Waals surface area contributed by atoms with Crippen molar-refractivity contribution in [3.8, 4) is 0 Å². The minimum atomic E-state index is -1.56. The summed E-state index contributed by atoms with van der Waals surface area (Å²) in [5.74, 6) is -5.12. The van der Waals surface area contributed by atoms with Crippen molar-refractivity contribution < 1.29 is 27.5 Å². The third-order valence-corrected chi connectivity index (χ3v) is 7.06. The molecule has 2 saturated heterocycles. The lowest BCUT2D eigenvalue weighted by atomic mass is 9.70. The predicted molar refractivity (Wildman–Crippen MR) is 118 cm³/mol. The number of amides is 1. The van der Waals surface area contributed by atoms with E-state index < -0.39 is 52.5 Å². The molecule has 4 atom stereocenters. The van der Waals surface area contributed by atoms with Crippen LogP contribution >= 0.6 is 12.4 Å². The highest BCUT2D eigenvalue weighted by Crippen LogP contribution is 2.43. The number of nitrogens with one attached hydrogen (secondary N) is 1. The zero-order valence-corrected chi connectivity index (χ0v) is 19.1. The summed E-state index contributed by atoms with van der Waals surface area (Å²) in [6.45, 7) is 4.54. The second-order valence-electron chi connectivity index (χ2n) is 9.03. The number of hydrogen-bond acceptors (Lipinski definition) is 3. The fourth-order valence-electron chi connectivity index (χ4n) is 5.33. The number of carbonyl (C=O) groups excluding carboxylic acids is 1. The first-order valence-corrected chi connectivity index (χ1v) is 10.7. The number of hydrogen-bond donors (Lipinski definition) is 2. The molecule has 1 amide bonds. The van der Waals surface area contributed by atoms with E-state index in [1.807, 2.05) is 0 Å². The normalized spacial score (nSPS) is 29.6. The van der Waals surface area contributed by atoms with Crippen molar-refractivity contribution in [3.05, 3.63) is 70.8 Å². The van der Waals surface area contributed by atoms with Gasteiger partial charge in [-0.05, 0) is 17.7 Å². The van der Waals surface area contributed by atoms with Gasteiger partial charge in [-0.25, -0.2) is 17.6 Å². The maximum atomic E-state index is 14.5. The third-order valence-electron chi connectivity index (χ3n) is 7.06. The Morgan fingerprint density at radius 3 is 2.12 bits per heavy atom. The van der Waals surface area contributed by atoms with Crippen LogP contribution in [0.15, 0.2) is 36.4 Å². The summed E-state index contributed by atoms with van der Waals surface area (Å²) in [6.07, 6.45) is 0. The van der Waals surface area contributed by atoms with Crippen LogP contribution in [-0.2, 0) is 10.4 Å². The Morgan fingerprint density at radius 2 is 1.55 bits per heavy atom. The first-order valence-electron chi connectivity index (χ1n) is 10.7. The van der Waals surface area contributed by atoms with Crippen molar-refractivity contribution in [2.24, 2.45) is 17.8 Å². The van der Waals surface area contributed by atoms with Gasteiger partial charge in [0, 0.05) is 61.6 Å². The van der Waals surface area contributed by atoms with Gasteiger partial charge in [-0.3, -0.25) is 4.79 Å². The third kappa shape index (κ3) is 4.48. The average molecular weight is 487 g/mol. The molecule has 2 fully saturated rings. The van der Waals surface area contributed by atoms with Crippen molar-refractivity contribution in [3.63, 3.8) is 0 Å². The fraction of sp³-hybridized carbons (Fsp3) is 0.458. The van der Waals surface area contributed by atoms with Crippen LogP contribution in [-0.4, -0.2) is 42.1 Å². The van der Waals surface area contributed by atoms with Gasteiger partial charge in [0.05, 0.1) is 5.92 Å². The zero-order chi connectivity index (χ0) is 23.2. The van der Waals surface area contributed by atoms with Crippen LogP contribution < -0.4 is 5.32 Å². The Bertz CT molecular complexity index is 1030. The zero-order valence-electron chi connectivity index (χ0n) is 18.3. The van der Waals surface area contributed by atoms with E-state index in [0.717, 1.165) is 18.2 Å². The van der Waals surface area contributed by atoms with Gasteiger partial charge < -0.3 is 15.3 Å². The van der Waals surface area contributed by atoms with Crippen molar-refractivity contribution in [2.45, 2.75) is 25.4 Å². The van der Waals surface area contributed by atoms with E-state index in [4.69, 9.17) is 0 Å². The van der Waals surface area contributed by atoms with Crippen LogP contribution in [0.25, 0.3) is 0 Å². The van der Waals surface area contributed by atoms with Gasteiger partial charge in [-0.1, -0.05) is 26.0 Å². The Labute approximate surface area is 196 Å². The largest absolute Gasteiger partial charge is 0.384 e. The van der Waals surface area contributed by atoms with E-state index in [2.05, 4.69) is 5.32 Å². The minimum absolute atomic E-state index is 0. The molecule has 180 valence electrons. The fourth-order valence-corrected chi connectivity index (χ4v) is 5.33. The molecule has 0 saturated carbocycles. The molecule has 2 heterocycles. The molecule has 2 aliphatic heterocycles. The molecule has 0 aromatic heterocycles. The molecule has 33 heavy (non-hydrogen) atoms. The molecule has 4 rings (SSSR count). The summed E-state index contributed by atoms with van der Waals surface area (Å²) in [7, 11) is 0. The summed E-state index contributed by atoms with van der Waals surface area (Å²) in [4.78, 5) is 15.0. The summed E-state index contributed by atoms with van der Waals surface area (Å²) in [5, 5.41) is 14.5. The average Bonchev–Trinajstić information content (AvgIpc) is 3.20. The van der Waals surface area contributed by atoms with Gasteiger partial charge in [0.15, 0.2) is 0 Å². The molecule has 0 bridgehead atoms. The summed E-state index contributed by atoms with van der Waals surface area (Å²) in [6, 6.07) is 6.48. The van der Waals surface area contributed by atoms with Gasteiger partial charge >= 0.3 is 0 Å². The molecule has 2 unspecified atom stereocenters. The standard InChI is InChI=1S/C24H26F4N2O2.ClH/c1-13-11-30(12-14(2)24(13,32)20-6-4-16(26)8-22(20)28)23(31)19-10-29-9-18(19)17-5-3-15(25)7-21(17)27;/h3-8,13-14,18-19,29,32H,9-12H2,1-2H3;1H/t13?,14?,18-,19+,24?;/m0./s1. The van der Waals surface area contributed by atoms with Crippen molar-refractivity contribution in [2.75, 3.05) is 26.2 Å². The Balaban J connectivity index is 0.00000306. The molecule has 0 aliphatic carbocycles. The van der Waals surface area contributed by atoms with E-state index in [1.165, 1.54) is 18.2 Å². The lowest BCUT2D eigenvalue weighted by Crippen LogP contribution is -2.57. The maximum Gasteiger partial charge on any atom is 0.227 e. The highest BCUT2D eigenvalue weighted by molar-refractivity contribution is 5.85. The molecule has 0 spiro atoms. The molecule has 0 radical (unpaired) electrons. The van der Waals surface area contributed by atoms with Crippen molar-refractivity contribution >= 4 is 18.3 Å². The second kappa shape index (κ2) is 9.60. The van der Waals surface area contributed by atoms with Crippen LogP contribution in [0.1, 0.15) is 30.9 Å². The van der Waals surface area contributed by atoms with E-state index in [-0.39, 0.29) is 42.5 Å². The Morgan fingerprint density at radius 1 is 0.970 bits per heavy atom. The van der Waals surface area contributed by atoms with Gasteiger partial charge in [0.1, 0.15) is 28.9 Å². The summed E-state index contributed by atoms with van der Waals surface area (Å²) in [5.41, 5.74) is -1.26. The molecule has 4 nitrogen and oxygen atoms in total. The number of nitrogens with zero attached hydrogens (tertiary/aromatic N) is 1. The number of halogens is 5. The minimum Gasteiger partial charge on any atom is -0.384 e. The lowest BCUT2D eigenvalue weighted by molar-refractivity contribution is -0.153. The van der Waals surface area contributed by atoms with Gasteiger partial charge in [-0.15, -0.1) is 12.4 Å². The van der Waals surface area contributed by atoms with Crippen LogP contribution in [0, 0.1) is 41.0 Å². The molecule has 2 aliphatic rings. The van der Waals surface area contributed by atoms with Crippen LogP contribution in [0.4, 0.5) is 17.6 Å². The van der Waals surface area contributed by atoms with Gasteiger partial charge in [0.25, 0.3) is 0 Å². The van der Waals surface area contributed by atoms with Crippen LogP contribution in [0.3, 0.4) is 0 Å². The van der Waals surface area contributed by atoms with E-state index in [9.17, 15) is 27.5 Å². The number of likely N-dealkylation sites (tertiary alicyclic amines) is 1. The Hall–Kier alpha value is -2.16. The second-order valence-corrected chi connectivity index (χ2v) is 9.03. The maximum absolute atomic E-state index is 14.5. The number of benzene rings is 2. The first-order chi connectivity index (χ1) is 15.1. The smallest absolute Gasteiger partial charge is 0.227 e. The SMILES string of the molecule is CC1CN(C(=O)[C@@H]2CNC[C@H]2c2ccc(F)cc2F)CC(C)C1(O)c1ccc(F)cc1F.Cl. The van der Waals surface area contributed by atoms with Crippen molar-refractivity contribution in [1.82, 2.24) is 10.2 Å². The van der Waals surface area contributed by atoms with Crippen LogP contribution in [0.5, 0.6) is 0 Å². The number of piperidine rings is 1. The molecule has 2 aromatic rings. The lowest BCUT2D eigenvalue weighted by Gasteiger charge is -2.48. The molecular weight excluding hydrogens is 460 g/mol. The quantitative estimate of drug-likeness (QED) is 0.646. The van der Waals surface area contributed by atoms with Gasteiger partial charge in [-0.2, -0.15) is 0 Å². The predicted octanol–water partition coefficient (Wildman–Crippen LogP) is 3.97. The van der Waals surface area contributed by atoms with Crippen LogP contribution in [0.2, 0.25) is 0 Å². The number of aliphatic hydroxyl groups is 1. The topological polar surface area (TPSA) is 52.6 Å².